The van der Waals surface area contributed by atoms with E-state index < -0.39 is 0 Å². The molecule has 0 radical (unpaired) electrons. The van der Waals surface area contributed by atoms with Crippen LogP contribution in [0.2, 0.25) is 0 Å². The molecule has 0 aliphatic carbocycles. The standard InChI is InChI=1S/C21H23N5O2/c1-12(16-8-20(27)24-10-16)28-19-7-14(6-18-21(19)26-11-25-18)13-3-4-17(23-2)15(5-13)9-22/h3-7,9,11-12,16,22-23H,8,10H2,1-2H3,(H,24,27)(H,25,26)/t12-,16-/m1/s1. The van der Waals surface area contributed by atoms with Crippen molar-refractivity contribution in [2.75, 3.05) is 18.9 Å². The summed E-state index contributed by atoms with van der Waals surface area (Å²) < 4.78 is 6.25. The number of anilines is 1. The summed E-state index contributed by atoms with van der Waals surface area (Å²) in [7, 11) is 1.84. The first-order chi connectivity index (χ1) is 13.6. The van der Waals surface area contributed by atoms with Gasteiger partial charge in [-0.3, -0.25) is 4.79 Å². The highest BCUT2D eigenvalue weighted by molar-refractivity contribution is 5.91. The molecule has 1 aliphatic rings. The monoisotopic (exact) mass is 377 g/mol. The number of nitrogens with zero attached hydrogens (tertiary/aromatic N) is 1. The van der Waals surface area contributed by atoms with E-state index in [1.54, 1.807) is 6.33 Å². The molecular weight excluding hydrogens is 354 g/mol. The second-order valence-corrected chi connectivity index (χ2v) is 7.06. The number of carbonyl (C=O) groups excluding carboxylic acids is 1. The van der Waals surface area contributed by atoms with Crippen LogP contribution >= 0.6 is 0 Å². The van der Waals surface area contributed by atoms with Crippen LogP contribution in [0.4, 0.5) is 5.69 Å². The lowest BCUT2D eigenvalue weighted by atomic mass is 10.0. The minimum absolute atomic E-state index is 0.0721. The largest absolute Gasteiger partial charge is 0.488 e. The van der Waals surface area contributed by atoms with Gasteiger partial charge >= 0.3 is 0 Å². The van der Waals surface area contributed by atoms with Crippen molar-refractivity contribution in [1.29, 1.82) is 5.41 Å². The molecule has 1 fully saturated rings. The molecule has 3 aromatic rings. The molecule has 1 aromatic heterocycles. The fourth-order valence-corrected chi connectivity index (χ4v) is 3.62. The van der Waals surface area contributed by atoms with Gasteiger partial charge in [0, 0.05) is 43.4 Å². The summed E-state index contributed by atoms with van der Waals surface area (Å²) in [5.41, 5.74) is 5.34. The van der Waals surface area contributed by atoms with E-state index in [-0.39, 0.29) is 17.9 Å². The third-order valence-corrected chi connectivity index (χ3v) is 5.28. The summed E-state index contributed by atoms with van der Waals surface area (Å²) in [4.78, 5) is 19.1. The lowest BCUT2D eigenvalue weighted by Crippen LogP contribution is -2.25. The van der Waals surface area contributed by atoms with Crippen LogP contribution in [-0.2, 0) is 4.79 Å². The minimum atomic E-state index is -0.113. The average molecular weight is 377 g/mol. The van der Waals surface area contributed by atoms with Crippen molar-refractivity contribution in [3.8, 4) is 16.9 Å². The smallest absolute Gasteiger partial charge is 0.220 e. The van der Waals surface area contributed by atoms with Gasteiger partial charge in [0.15, 0.2) is 0 Å². The highest BCUT2D eigenvalue weighted by atomic mass is 16.5. The predicted molar refractivity (Wildman–Crippen MR) is 110 cm³/mol. The first-order valence-electron chi connectivity index (χ1n) is 9.32. The lowest BCUT2D eigenvalue weighted by molar-refractivity contribution is -0.119. The van der Waals surface area contributed by atoms with Gasteiger partial charge in [-0.1, -0.05) is 6.07 Å². The zero-order valence-electron chi connectivity index (χ0n) is 15.9. The molecule has 0 unspecified atom stereocenters. The number of rotatable bonds is 6. The van der Waals surface area contributed by atoms with Crippen molar-refractivity contribution >= 4 is 28.8 Å². The number of amides is 1. The number of ether oxygens (including phenoxy) is 1. The van der Waals surface area contributed by atoms with Gasteiger partial charge in [-0.2, -0.15) is 0 Å². The van der Waals surface area contributed by atoms with Crippen molar-refractivity contribution in [2.45, 2.75) is 19.4 Å². The fraction of sp³-hybridized carbons (Fsp3) is 0.286. The summed E-state index contributed by atoms with van der Waals surface area (Å²) in [6.45, 7) is 2.63. The predicted octanol–water partition coefficient (Wildman–Crippen LogP) is 3.17. The zero-order valence-corrected chi connectivity index (χ0v) is 15.9. The van der Waals surface area contributed by atoms with Crippen molar-refractivity contribution in [1.82, 2.24) is 15.3 Å². The van der Waals surface area contributed by atoms with Crippen LogP contribution in [0.5, 0.6) is 5.75 Å². The van der Waals surface area contributed by atoms with Crippen molar-refractivity contribution in [2.24, 2.45) is 5.92 Å². The van der Waals surface area contributed by atoms with Crippen LogP contribution in [0.1, 0.15) is 18.9 Å². The van der Waals surface area contributed by atoms with Crippen molar-refractivity contribution < 1.29 is 9.53 Å². The van der Waals surface area contributed by atoms with E-state index in [9.17, 15) is 4.79 Å². The molecule has 7 nitrogen and oxygen atoms in total. The molecule has 0 saturated carbocycles. The molecule has 2 heterocycles. The molecule has 28 heavy (non-hydrogen) atoms. The number of hydrogen-bond acceptors (Lipinski definition) is 5. The Morgan fingerprint density at radius 2 is 2.18 bits per heavy atom. The van der Waals surface area contributed by atoms with Crippen LogP contribution in [0.15, 0.2) is 36.7 Å². The summed E-state index contributed by atoms with van der Waals surface area (Å²) >= 11 is 0. The van der Waals surface area contributed by atoms with Crippen molar-refractivity contribution in [3.63, 3.8) is 0 Å². The van der Waals surface area contributed by atoms with Crippen LogP contribution in [0.25, 0.3) is 22.2 Å². The molecule has 7 heteroatoms. The van der Waals surface area contributed by atoms with Crippen LogP contribution in [0.3, 0.4) is 0 Å². The second-order valence-electron chi connectivity index (χ2n) is 7.06. The molecule has 4 N–H and O–H groups in total. The maximum atomic E-state index is 11.5. The number of fused-ring (bicyclic) bond motifs is 1. The number of imidazole rings is 1. The molecule has 2 atom stereocenters. The highest BCUT2D eigenvalue weighted by Gasteiger charge is 2.28. The van der Waals surface area contributed by atoms with Crippen LogP contribution < -0.4 is 15.4 Å². The molecule has 0 spiro atoms. The first kappa shape index (κ1) is 18.0. The van der Waals surface area contributed by atoms with E-state index in [0.29, 0.717) is 18.7 Å². The molecule has 144 valence electrons. The maximum Gasteiger partial charge on any atom is 0.220 e. The number of aromatic amines is 1. The minimum Gasteiger partial charge on any atom is -0.488 e. The highest BCUT2D eigenvalue weighted by Crippen LogP contribution is 2.33. The van der Waals surface area contributed by atoms with E-state index in [2.05, 4.69) is 20.6 Å². The maximum absolute atomic E-state index is 11.5. The Labute approximate surface area is 163 Å². The summed E-state index contributed by atoms with van der Waals surface area (Å²) in [5, 5.41) is 13.6. The van der Waals surface area contributed by atoms with Gasteiger partial charge in [0.2, 0.25) is 5.91 Å². The average Bonchev–Trinajstić information content (AvgIpc) is 3.36. The Hall–Kier alpha value is -3.35. The Bertz CT molecular complexity index is 1040. The number of hydrogen-bond donors (Lipinski definition) is 4. The number of benzene rings is 2. The Kier molecular flexibility index (Phi) is 4.73. The van der Waals surface area contributed by atoms with Gasteiger partial charge in [0.1, 0.15) is 17.4 Å². The first-order valence-corrected chi connectivity index (χ1v) is 9.32. The van der Waals surface area contributed by atoms with Gasteiger partial charge in [-0.05, 0) is 42.3 Å². The zero-order chi connectivity index (χ0) is 19.7. The van der Waals surface area contributed by atoms with Gasteiger partial charge in [0.25, 0.3) is 0 Å². The van der Waals surface area contributed by atoms with E-state index >= 15 is 0 Å². The van der Waals surface area contributed by atoms with Gasteiger partial charge in [0.05, 0.1) is 11.8 Å². The summed E-state index contributed by atoms with van der Waals surface area (Å²) in [6, 6.07) is 9.96. The fourth-order valence-electron chi connectivity index (χ4n) is 3.62. The molecule has 0 bridgehead atoms. The number of H-pyrrole nitrogens is 1. The summed E-state index contributed by atoms with van der Waals surface area (Å²) in [5.74, 6) is 0.905. The Morgan fingerprint density at radius 1 is 1.32 bits per heavy atom. The molecule has 1 aliphatic heterocycles. The van der Waals surface area contributed by atoms with Gasteiger partial charge < -0.3 is 25.8 Å². The second kappa shape index (κ2) is 7.34. The Balaban J connectivity index is 1.71. The molecule has 2 aromatic carbocycles. The number of aromatic nitrogens is 2. The quantitative estimate of drug-likeness (QED) is 0.495. The van der Waals surface area contributed by atoms with Crippen molar-refractivity contribution in [3.05, 3.63) is 42.2 Å². The normalized spacial score (nSPS) is 17.4. The molecule has 1 amide bonds. The molecular formula is C21H23N5O2. The molecule has 4 rings (SSSR count). The van der Waals surface area contributed by atoms with E-state index in [0.717, 1.165) is 33.4 Å². The van der Waals surface area contributed by atoms with Gasteiger partial charge in [-0.15, -0.1) is 0 Å². The third-order valence-electron chi connectivity index (χ3n) is 5.28. The van der Waals surface area contributed by atoms with Crippen LogP contribution in [0, 0.1) is 11.3 Å². The summed E-state index contributed by atoms with van der Waals surface area (Å²) in [6.07, 6.45) is 3.37. The molecule has 1 saturated heterocycles. The van der Waals surface area contributed by atoms with Crippen LogP contribution in [-0.4, -0.2) is 41.8 Å². The lowest BCUT2D eigenvalue weighted by Gasteiger charge is -2.20. The SMILES string of the molecule is CNc1ccc(-c2cc(O[C@H](C)[C@H]3CNC(=O)C3)c3nc[nH]c3c2)cc1C=N. The topological polar surface area (TPSA) is 103 Å². The van der Waals surface area contributed by atoms with E-state index in [1.165, 1.54) is 6.21 Å². The van der Waals surface area contributed by atoms with E-state index in [1.807, 2.05) is 44.3 Å². The Morgan fingerprint density at radius 3 is 2.89 bits per heavy atom. The van der Waals surface area contributed by atoms with E-state index in [4.69, 9.17) is 10.1 Å². The number of carbonyl (C=O) groups is 1. The number of nitrogens with one attached hydrogen (secondary N) is 4. The third kappa shape index (κ3) is 3.31. The van der Waals surface area contributed by atoms with Gasteiger partial charge in [-0.25, -0.2) is 4.98 Å².